The topological polar surface area (TPSA) is 87.3 Å². The molecule has 10 heteroatoms. The van der Waals surface area contributed by atoms with Crippen molar-refractivity contribution in [3.8, 4) is 22.9 Å². The molecule has 0 spiro atoms. The van der Waals surface area contributed by atoms with Crippen LogP contribution in [-0.4, -0.2) is 63.8 Å². The lowest BCUT2D eigenvalue weighted by molar-refractivity contribution is 0.0669. The van der Waals surface area contributed by atoms with Crippen molar-refractivity contribution >= 4 is 5.91 Å². The van der Waals surface area contributed by atoms with Crippen molar-refractivity contribution in [3.05, 3.63) is 64.2 Å². The zero-order valence-electron chi connectivity index (χ0n) is 23.7. The highest BCUT2D eigenvalue weighted by molar-refractivity contribution is 5.99. The number of pyridine rings is 1. The van der Waals surface area contributed by atoms with Gasteiger partial charge in [0, 0.05) is 49.2 Å². The monoisotopic (exact) mass is 550 g/mol. The van der Waals surface area contributed by atoms with E-state index >= 15 is 0 Å². The summed E-state index contributed by atoms with van der Waals surface area (Å²) in [6, 6.07) is 7.28. The summed E-state index contributed by atoms with van der Waals surface area (Å²) in [5.41, 5.74) is 3.91. The van der Waals surface area contributed by atoms with Gasteiger partial charge in [-0.3, -0.25) is 14.5 Å². The molecule has 0 saturated heterocycles. The summed E-state index contributed by atoms with van der Waals surface area (Å²) >= 11 is 0. The average Bonchev–Trinajstić information content (AvgIpc) is 3.40. The number of rotatable bonds is 11. The number of aromatic nitrogens is 3. The third-order valence-electron chi connectivity index (χ3n) is 7.54. The molecule has 0 radical (unpaired) electrons. The predicted octanol–water partition coefficient (Wildman–Crippen LogP) is 5.43. The second kappa shape index (κ2) is 12.6. The first-order valence-electron chi connectivity index (χ1n) is 13.8. The molecule has 1 aliphatic rings. The Bertz CT molecular complexity index is 1410. The van der Waals surface area contributed by atoms with Crippen LogP contribution in [0.4, 0.5) is 8.78 Å². The Labute approximate surface area is 234 Å². The van der Waals surface area contributed by atoms with E-state index in [4.69, 9.17) is 4.74 Å². The fourth-order valence-corrected chi connectivity index (χ4v) is 5.08. The molecule has 212 valence electrons. The van der Waals surface area contributed by atoms with Crippen LogP contribution in [-0.2, 0) is 19.4 Å². The summed E-state index contributed by atoms with van der Waals surface area (Å²) in [5.74, 6) is 0.259. The lowest BCUT2D eigenvalue weighted by Crippen LogP contribution is -2.40. The number of likely N-dealkylation sites (N-methyl/N-ethyl adjacent to an activating group) is 1. The van der Waals surface area contributed by atoms with Crippen LogP contribution >= 0.6 is 0 Å². The van der Waals surface area contributed by atoms with Gasteiger partial charge in [-0.25, -0.2) is 8.78 Å². The minimum Gasteiger partial charge on any atom is -0.492 e. The number of nitrogens with zero attached hydrogens (tertiary/aromatic N) is 6. The largest absolute Gasteiger partial charge is 0.492 e. The molecule has 0 saturated carbocycles. The van der Waals surface area contributed by atoms with E-state index in [1.807, 2.05) is 40.0 Å². The van der Waals surface area contributed by atoms with Crippen LogP contribution in [0.25, 0.3) is 11.1 Å². The van der Waals surface area contributed by atoms with Gasteiger partial charge in [0.2, 0.25) is 0 Å². The first-order valence-corrected chi connectivity index (χ1v) is 13.8. The van der Waals surface area contributed by atoms with Crippen LogP contribution in [0.5, 0.6) is 5.75 Å². The number of ether oxygens (including phenoxy) is 1. The number of alkyl halides is 2. The Morgan fingerprint density at radius 3 is 2.58 bits per heavy atom. The number of fused-ring (bicyclic) bond motifs is 1. The first kappa shape index (κ1) is 29.2. The zero-order valence-corrected chi connectivity index (χ0v) is 23.7. The quantitative estimate of drug-likeness (QED) is 0.317. The van der Waals surface area contributed by atoms with Crippen LogP contribution in [0.1, 0.15) is 78.6 Å². The Kier molecular flexibility index (Phi) is 9.15. The molecular formula is C30H36F2N6O2. The Hall–Kier alpha value is -3.84. The number of hydrogen-bond acceptors (Lipinski definition) is 6. The molecule has 0 aliphatic carbocycles. The molecule has 4 rings (SSSR count). The minimum atomic E-state index is -2.73. The average molecular weight is 551 g/mol. The van der Waals surface area contributed by atoms with Crippen LogP contribution < -0.4 is 4.74 Å². The van der Waals surface area contributed by atoms with Crippen LogP contribution in [0.3, 0.4) is 0 Å². The lowest BCUT2D eigenvalue weighted by Gasteiger charge is -2.34. The van der Waals surface area contributed by atoms with E-state index < -0.39 is 6.43 Å². The maximum Gasteiger partial charge on any atom is 0.282 e. The van der Waals surface area contributed by atoms with Crippen LogP contribution in [0.2, 0.25) is 0 Å². The zero-order chi connectivity index (χ0) is 29.0. The van der Waals surface area contributed by atoms with Crippen LogP contribution in [0, 0.1) is 11.3 Å². The summed E-state index contributed by atoms with van der Waals surface area (Å²) in [6.07, 6.45) is 1.58. The van der Waals surface area contributed by atoms with E-state index in [9.17, 15) is 18.8 Å². The lowest BCUT2D eigenvalue weighted by atomic mass is 9.87. The highest BCUT2D eigenvalue weighted by Crippen LogP contribution is 2.38. The molecule has 40 heavy (non-hydrogen) atoms. The standard InChI is InChI=1S/C30H36F2N6O2/c1-6-36(5)11-9-20-13-23(25-18-37(7-2)35-28(25)29(31)32)22-10-12-38(30(39)24(22)14-20)19(4)26-15-27(40-8-3)21(16-33)17-34-26/h13-15,17-19,29H,6-12H2,1-5H3. The Morgan fingerprint density at radius 2 is 1.93 bits per heavy atom. The summed E-state index contributed by atoms with van der Waals surface area (Å²) < 4.78 is 35.3. The maximum absolute atomic E-state index is 14.1. The third kappa shape index (κ3) is 5.85. The van der Waals surface area contributed by atoms with Gasteiger partial charge in [0.1, 0.15) is 23.1 Å². The van der Waals surface area contributed by atoms with Gasteiger partial charge in [-0.15, -0.1) is 0 Å². The molecule has 0 N–H and O–H groups in total. The molecule has 0 bridgehead atoms. The number of amides is 1. The van der Waals surface area contributed by atoms with Gasteiger partial charge in [0.25, 0.3) is 12.3 Å². The molecular weight excluding hydrogens is 514 g/mol. The van der Waals surface area contributed by atoms with Gasteiger partial charge < -0.3 is 14.5 Å². The highest BCUT2D eigenvalue weighted by atomic mass is 19.3. The molecule has 3 aromatic rings. The van der Waals surface area contributed by atoms with E-state index in [1.54, 1.807) is 17.2 Å². The van der Waals surface area contributed by atoms with Crippen molar-refractivity contribution in [1.29, 1.82) is 5.26 Å². The summed E-state index contributed by atoms with van der Waals surface area (Å²) in [7, 11) is 2.02. The van der Waals surface area contributed by atoms with Gasteiger partial charge in [0.15, 0.2) is 0 Å². The molecule has 8 nitrogen and oxygen atoms in total. The van der Waals surface area contributed by atoms with Crippen molar-refractivity contribution in [2.45, 2.75) is 59.5 Å². The van der Waals surface area contributed by atoms with Crippen molar-refractivity contribution in [2.75, 3.05) is 33.3 Å². The molecule has 1 aliphatic heterocycles. The van der Waals surface area contributed by atoms with Gasteiger partial charge in [-0.05, 0) is 70.0 Å². The van der Waals surface area contributed by atoms with Crippen molar-refractivity contribution in [3.63, 3.8) is 0 Å². The van der Waals surface area contributed by atoms with E-state index in [1.165, 1.54) is 10.9 Å². The summed E-state index contributed by atoms with van der Waals surface area (Å²) in [4.78, 5) is 22.4. The smallest absolute Gasteiger partial charge is 0.282 e. The first-order chi connectivity index (χ1) is 19.2. The van der Waals surface area contributed by atoms with E-state index in [0.29, 0.717) is 66.2 Å². The molecule has 1 atom stereocenters. The van der Waals surface area contributed by atoms with Crippen molar-refractivity contribution in [2.24, 2.45) is 0 Å². The molecule has 0 fully saturated rings. The second-order valence-electron chi connectivity index (χ2n) is 9.97. The number of aryl methyl sites for hydroxylation is 1. The number of halogens is 2. The van der Waals surface area contributed by atoms with E-state index in [-0.39, 0.29) is 17.6 Å². The Morgan fingerprint density at radius 1 is 1.18 bits per heavy atom. The Balaban J connectivity index is 1.78. The maximum atomic E-state index is 14.1. The van der Waals surface area contributed by atoms with E-state index in [0.717, 1.165) is 24.2 Å². The third-order valence-corrected chi connectivity index (χ3v) is 7.54. The number of hydrogen-bond donors (Lipinski definition) is 0. The number of nitriles is 1. The van der Waals surface area contributed by atoms with E-state index in [2.05, 4.69) is 28.0 Å². The second-order valence-corrected chi connectivity index (χ2v) is 9.97. The van der Waals surface area contributed by atoms with Gasteiger partial charge in [-0.1, -0.05) is 13.0 Å². The highest BCUT2D eigenvalue weighted by Gasteiger charge is 2.33. The molecule has 1 amide bonds. The number of carbonyl (C=O) groups excluding carboxylic acids is 1. The SMILES string of the molecule is CCOc1cc(C(C)N2CCc3c(cc(CCN(C)CC)cc3-c3cn(CC)nc3C(F)F)C2=O)ncc1C#N. The van der Waals surface area contributed by atoms with Crippen molar-refractivity contribution < 1.29 is 18.3 Å². The molecule has 1 unspecified atom stereocenters. The fraction of sp³-hybridized carbons (Fsp3) is 0.467. The van der Waals surface area contributed by atoms with Gasteiger partial charge in [-0.2, -0.15) is 10.4 Å². The predicted molar refractivity (Wildman–Crippen MR) is 148 cm³/mol. The van der Waals surface area contributed by atoms with Crippen molar-refractivity contribution in [1.82, 2.24) is 24.6 Å². The normalized spacial score (nSPS) is 14.0. The minimum absolute atomic E-state index is 0.175. The molecule has 2 aromatic heterocycles. The van der Waals surface area contributed by atoms with Crippen LogP contribution in [0.15, 0.2) is 30.6 Å². The molecule has 1 aromatic carbocycles. The number of benzene rings is 1. The fourth-order valence-electron chi connectivity index (χ4n) is 5.08. The summed E-state index contributed by atoms with van der Waals surface area (Å²) in [6.45, 7) is 10.6. The molecule has 3 heterocycles. The van der Waals surface area contributed by atoms with Gasteiger partial charge >= 0.3 is 0 Å². The summed E-state index contributed by atoms with van der Waals surface area (Å²) in [5, 5.41) is 13.5. The number of carbonyl (C=O) groups is 1. The van der Waals surface area contributed by atoms with Gasteiger partial charge in [0.05, 0.1) is 18.3 Å².